The number of nitrogens with zero attached hydrogens (tertiary/aromatic N) is 4. The summed E-state index contributed by atoms with van der Waals surface area (Å²) in [6.07, 6.45) is 5.96. The lowest BCUT2D eigenvalue weighted by Crippen LogP contribution is -2.33. The van der Waals surface area contributed by atoms with Gasteiger partial charge < -0.3 is 15.2 Å². The molecule has 0 bridgehead atoms. The first-order valence-electron chi connectivity index (χ1n) is 12.8. The van der Waals surface area contributed by atoms with Crippen LogP contribution in [0.15, 0.2) is 29.4 Å². The van der Waals surface area contributed by atoms with E-state index in [1.54, 1.807) is 36.3 Å². The lowest BCUT2D eigenvalue weighted by molar-refractivity contribution is 0.180. The number of likely N-dealkylation sites (tertiary alicyclic amines) is 1. The summed E-state index contributed by atoms with van der Waals surface area (Å²) in [4.78, 5) is 17.8. The zero-order valence-corrected chi connectivity index (χ0v) is 23.4. The van der Waals surface area contributed by atoms with Crippen molar-refractivity contribution >= 4 is 28.9 Å². The molecule has 7 nitrogen and oxygen atoms in total. The SMILES string of the molecule is CCCc1sc(-c2ccc(OC)c(OCCN3CCCCC3)c2)nc1C(C)Sc1nc(C)cc(N)n1. The molecule has 1 fully saturated rings. The van der Waals surface area contributed by atoms with Gasteiger partial charge in [-0.3, -0.25) is 4.90 Å². The molecule has 36 heavy (non-hydrogen) atoms. The summed E-state index contributed by atoms with van der Waals surface area (Å²) >= 11 is 3.36. The minimum Gasteiger partial charge on any atom is -0.493 e. The fourth-order valence-electron chi connectivity index (χ4n) is 4.43. The van der Waals surface area contributed by atoms with Gasteiger partial charge in [0.1, 0.15) is 17.4 Å². The van der Waals surface area contributed by atoms with E-state index < -0.39 is 0 Å². The van der Waals surface area contributed by atoms with E-state index in [1.807, 2.05) is 13.0 Å². The second kappa shape index (κ2) is 12.7. The van der Waals surface area contributed by atoms with Crippen molar-refractivity contribution in [3.05, 3.63) is 40.5 Å². The fourth-order valence-corrected chi connectivity index (χ4v) is 6.74. The molecule has 1 atom stereocenters. The number of aryl methyl sites for hydroxylation is 2. The number of ether oxygens (including phenoxy) is 2. The number of piperidine rings is 1. The zero-order valence-electron chi connectivity index (χ0n) is 21.7. The monoisotopic (exact) mass is 527 g/mol. The molecule has 0 amide bonds. The molecule has 1 unspecified atom stereocenters. The van der Waals surface area contributed by atoms with Gasteiger partial charge in [0.05, 0.1) is 18.1 Å². The molecule has 0 radical (unpaired) electrons. The van der Waals surface area contributed by atoms with Gasteiger partial charge in [-0.05, 0) is 64.4 Å². The van der Waals surface area contributed by atoms with Crippen LogP contribution in [0.1, 0.15) is 61.0 Å². The number of aromatic nitrogens is 3. The molecular weight excluding hydrogens is 490 g/mol. The number of nitrogen functional groups attached to an aromatic ring is 1. The number of benzene rings is 1. The van der Waals surface area contributed by atoms with E-state index in [2.05, 4.69) is 40.8 Å². The van der Waals surface area contributed by atoms with Crippen molar-refractivity contribution in [3.8, 4) is 22.1 Å². The number of anilines is 1. The van der Waals surface area contributed by atoms with Crippen molar-refractivity contribution in [2.45, 2.75) is 63.3 Å². The highest BCUT2D eigenvalue weighted by Gasteiger charge is 2.21. The maximum atomic E-state index is 6.20. The normalized spacial score (nSPS) is 15.1. The molecule has 9 heteroatoms. The van der Waals surface area contributed by atoms with Gasteiger partial charge in [0.15, 0.2) is 16.7 Å². The first-order chi connectivity index (χ1) is 17.5. The van der Waals surface area contributed by atoms with Crippen molar-refractivity contribution in [1.82, 2.24) is 19.9 Å². The molecule has 4 rings (SSSR count). The number of hydrogen-bond donors (Lipinski definition) is 1. The van der Waals surface area contributed by atoms with Crippen LogP contribution in [-0.4, -0.2) is 53.2 Å². The van der Waals surface area contributed by atoms with Crippen LogP contribution >= 0.6 is 23.1 Å². The van der Waals surface area contributed by atoms with E-state index in [9.17, 15) is 0 Å². The van der Waals surface area contributed by atoms with Crippen LogP contribution in [0.2, 0.25) is 0 Å². The second-order valence-corrected chi connectivity index (χ2v) is 11.6. The van der Waals surface area contributed by atoms with Crippen LogP contribution in [0, 0.1) is 6.92 Å². The number of thioether (sulfide) groups is 1. The third-order valence-electron chi connectivity index (χ3n) is 6.25. The van der Waals surface area contributed by atoms with E-state index in [-0.39, 0.29) is 5.25 Å². The Morgan fingerprint density at radius 2 is 1.92 bits per heavy atom. The van der Waals surface area contributed by atoms with Gasteiger partial charge in [-0.15, -0.1) is 11.3 Å². The minimum atomic E-state index is 0.108. The van der Waals surface area contributed by atoms with Crippen molar-refractivity contribution in [3.63, 3.8) is 0 Å². The summed E-state index contributed by atoms with van der Waals surface area (Å²) in [5, 5.41) is 1.79. The summed E-state index contributed by atoms with van der Waals surface area (Å²) in [7, 11) is 1.69. The standard InChI is InChI=1S/C27H37N5O2S2/c1-5-9-23-25(19(3)35-27-29-18(2)16-24(28)30-27)31-26(36-23)20-10-11-21(33-4)22(17-20)34-15-14-32-12-7-6-8-13-32/h10-11,16-17,19H,5-9,12-15H2,1-4H3,(H2,28,29,30). The summed E-state index contributed by atoms with van der Waals surface area (Å²) in [5.41, 5.74) is 8.95. The Labute approximate surface area is 222 Å². The summed E-state index contributed by atoms with van der Waals surface area (Å²) in [6, 6.07) is 7.90. The van der Waals surface area contributed by atoms with Crippen LogP contribution in [0.25, 0.3) is 10.6 Å². The summed E-state index contributed by atoms with van der Waals surface area (Å²) in [5.74, 6) is 2.02. The van der Waals surface area contributed by atoms with Gasteiger partial charge in [0.2, 0.25) is 0 Å². The lowest BCUT2D eigenvalue weighted by atomic mass is 10.1. The van der Waals surface area contributed by atoms with Crippen LogP contribution in [0.5, 0.6) is 11.5 Å². The maximum absolute atomic E-state index is 6.20. The molecule has 0 saturated carbocycles. The molecule has 0 spiro atoms. The van der Waals surface area contributed by atoms with Crippen LogP contribution in [0.4, 0.5) is 5.82 Å². The molecule has 1 aromatic carbocycles. The van der Waals surface area contributed by atoms with E-state index in [0.29, 0.717) is 17.6 Å². The van der Waals surface area contributed by atoms with Crippen LogP contribution in [-0.2, 0) is 6.42 Å². The zero-order chi connectivity index (χ0) is 25.5. The van der Waals surface area contributed by atoms with Gasteiger partial charge in [0, 0.05) is 28.7 Å². The topological polar surface area (TPSA) is 86.4 Å². The minimum absolute atomic E-state index is 0.108. The molecule has 1 aliphatic heterocycles. The van der Waals surface area contributed by atoms with E-state index in [4.69, 9.17) is 20.2 Å². The number of methoxy groups -OCH3 is 1. The van der Waals surface area contributed by atoms with Gasteiger partial charge in [-0.1, -0.05) is 31.5 Å². The first-order valence-corrected chi connectivity index (χ1v) is 14.5. The van der Waals surface area contributed by atoms with Gasteiger partial charge >= 0.3 is 0 Å². The molecule has 0 aliphatic carbocycles. The van der Waals surface area contributed by atoms with Crippen molar-refractivity contribution < 1.29 is 9.47 Å². The Kier molecular flexibility index (Phi) is 9.45. The highest BCUT2D eigenvalue weighted by Crippen LogP contribution is 2.41. The fraction of sp³-hybridized carbons (Fsp3) is 0.519. The molecule has 1 saturated heterocycles. The predicted octanol–water partition coefficient (Wildman–Crippen LogP) is 6.17. The van der Waals surface area contributed by atoms with Crippen molar-refractivity contribution in [2.75, 3.05) is 39.1 Å². The van der Waals surface area contributed by atoms with Crippen LogP contribution in [0.3, 0.4) is 0 Å². The third kappa shape index (κ3) is 6.89. The van der Waals surface area contributed by atoms with Gasteiger partial charge in [-0.2, -0.15) is 0 Å². The first kappa shape index (κ1) is 26.7. The second-order valence-electron chi connectivity index (χ2n) is 9.17. The van der Waals surface area contributed by atoms with Gasteiger partial charge in [0.25, 0.3) is 0 Å². The Morgan fingerprint density at radius 1 is 1.11 bits per heavy atom. The summed E-state index contributed by atoms with van der Waals surface area (Å²) in [6.45, 7) is 10.2. The number of nitrogens with two attached hydrogens (primary N) is 1. The molecule has 194 valence electrons. The number of thiazole rings is 1. The third-order valence-corrected chi connectivity index (χ3v) is 8.40. The van der Waals surface area contributed by atoms with Crippen molar-refractivity contribution in [1.29, 1.82) is 0 Å². The number of rotatable bonds is 11. The summed E-state index contributed by atoms with van der Waals surface area (Å²) < 4.78 is 11.8. The Hall–Kier alpha value is -2.36. The highest BCUT2D eigenvalue weighted by atomic mass is 32.2. The Morgan fingerprint density at radius 3 is 2.64 bits per heavy atom. The average molecular weight is 528 g/mol. The largest absolute Gasteiger partial charge is 0.493 e. The maximum Gasteiger partial charge on any atom is 0.190 e. The number of hydrogen-bond acceptors (Lipinski definition) is 9. The van der Waals surface area contributed by atoms with E-state index >= 15 is 0 Å². The highest BCUT2D eigenvalue weighted by molar-refractivity contribution is 7.99. The van der Waals surface area contributed by atoms with Gasteiger partial charge in [-0.25, -0.2) is 15.0 Å². The molecule has 3 aromatic rings. The smallest absolute Gasteiger partial charge is 0.190 e. The molecule has 2 aromatic heterocycles. The Balaban J connectivity index is 1.53. The molecule has 3 heterocycles. The van der Waals surface area contributed by atoms with E-state index in [0.717, 1.165) is 52.8 Å². The molecular formula is C27H37N5O2S2. The average Bonchev–Trinajstić information content (AvgIpc) is 3.28. The van der Waals surface area contributed by atoms with E-state index in [1.165, 1.54) is 37.2 Å². The van der Waals surface area contributed by atoms with Crippen molar-refractivity contribution in [2.24, 2.45) is 0 Å². The predicted molar refractivity (Wildman–Crippen MR) is 149 cm³/mol. The molecule has 2 N–H and O–H groups in total. The quantitative estimate of drug-likeness (QED) is 0.234. The Bertz CT molecular complexity index is 1130. The lowest BCUT2D eigenvalue weighted by Gasteiger charge is -2.26. The molecule has 1 aliphatic rings. The van der Waals surface area contributed by atoms with Crippen LogP contribution < -0.4 is 15.2 Å².